The Morgan fingerprint density at radius 2 is 2.08 bits per heavy atom. The molecule has 0 bridgehead atoms. The standard InChI is InChI=1S/C9H15N3O/c1-11(2)8-9(7-10)12-3-5-13-6-4-12/h8H,3-6H2,1-2H3/b9-8-. The van der Waals surface area contributed by atoms with E-state index < -0.39 is 0 Å². The predicted molar refractivity (Wildman–Crippen MR) is 49.8 cm³/mol. The lowest BCUT2D eigenvalue weighted by Gasteiger charge is -2.28. The van der Waals surface area contributed by atoms with E-state index in [9.17, 15) is 0 Å². The maximum Gasteiger partial charge on any atom is 0.132 e. The molecular formula is C9H15N3O. The van der Waals surface area contributed by atoms with Crippen LogP contribution in [0.3, 0.4) is 0 Å². The summed E-state index contributed by atoms with van der Waals surface area (Å²) in [6, 6.07) is 2.19. The topological polar surface area (TPSA) is 39.5 Å². The second-order valence-electron chi connectivity index (χ2n) is 3.19. The highest BCUT2D eigenvalue weighted by atomic mass is 16.5. The molecule has 1 fully saturated rings. The van der Waals surface area contributed by atoms with E-state index in [-0.39, 0.29) is 0 Å². The van der Waals surface area contributed by atoms with Gasteiger partial charge in [-0.1, -0.05) is 0 Å². The van der Waals surface area contributed by atoms with Crippen LogP contribution in [0.5, 0.6) is 0 Å². The number of nitriles is 1. The Labute approximate surface area is 79.0 Å². The monoisotopic (exact) mass is 181 g/mol. The van der Waals surface area contributed by atoms with Gasteiger partial charge in [-0.25, -0.2) is 0 Å². The van der Waals surface area contributed by atoms with Crippen molar-refractivity contribution in [1.82, 2.24) is 9.80 Å². The quantitative estimate of drug-likeness (QED) is 0.572. The lowest BCUT2D eigenvalue weighted by molar-refractivity contribution is 0.0552. The molecule has 0 N–H and O–H groups in total. The van der Waals surface area contributed by atoms with Gasteiger partial charge in [0.25, 0.3) is 0 Å². The van der Waals surface area contributed by atoms with E-state index in [1.807, 2.05) is 30.1 Å². The average molecular weight is 181 g/mol. The Balaban J connectivity index is 2.60. The summed E-state index contributed by atoms with van der Waals surface area (Å²) in [5, 5.41) is 8.90. The Morgan fingerprint density at radius 3 is 2.54 bits per heavy atom. The zero-order valence-electron chi connectivity index (χ0n) is 8.16. The van der Waals surface area contributed by atoms with Crippen LogP contribution in [-0.2, 0) is 4.74 Å². The zero-order chi connectivity index (χ0) is 9.68. The van der Waals surface area contributed by atoms with E-state index >= 15 is 0 Å². The summed E-state index contributed by atoms with van der Waals surface area (Å²) in [5.41, 5.74) is 0.716. The molecule has 0 saturated carbocycles. The number of hydrogen-bond acceptors (Lipinski definition) is 4. The van der Waals surface area contributed by atoms with Crippen LogP contribution in [-0.4, -0.2) is 50.2 Å². The van der Waals surface area contributed by atoms with Gasteiger partial charge in [0, 0.05) is 33.4 Å². The van der Waals surface area contributed by atoms with Crippen LogP contribution in [0.4, 0.5) is 0 Å². The molecule has 0 aromatic rings. The lowest BCUT2D eigenvalue weighted by Crippen LogP contribution is -2.35. The first-order valence-corrected chi connectivity index (χ1v) is 4.35. The molecule has 1 aliphatic heterocycles. The number of rotatable bonds is 2. The van der Waals surface area contributed by atoms with E-state index in [2.05, 4.69) is 6.07 Å². The summed E-state index contributed by atoms with van der Waals surface area (Å²) in [6.45, 7) is 3.05. The molecule has 1 saturated heterocycles. The fourth-order valence-corrected chi connectivity index (χ4v) is 1.23. The molecule has 72 valence electrons. The Bertz CT molecular complexity index is 224. The van der Waals surface area contributed by atoms with Crippen LogP contribution in [0.1, 0.15) is 0 Å². The van der Waals surface area contributed by atoms with Gasteiger partial charge in [-0.3, -0.25) is 0 Å². The lowest BCUT2D eigenvalue weighted by atomic mass is 10.3. The van der Waals surface area contributed by atoms with Crippen molar-refractivity contribution in [3.8, 4) is 6.07 Å². The molecule has 0 aromatic heterocycles. The third kappa shape index (κ3) is 2.96. The van der Waals surface area contributed by atoms with Gasteiger partial charge in [-0.15, -0.1) is 0 Å². The second-order valence-corrected chi connectivity index (χ2v) is 3.19. The van der Waals surface area contributed by atoms with E-state index in [1.54, 1.807) is 0 Å². The van der Waals surface area contributed by atoms with Crippen molar-refractivity contribution >= 4 is 0 Å². The van der Waals surface area contributed by atoms with Crippen LogP contribution in [0.15, 0.2) is 11.9 Å². The fraction of sp³-hybridized carbons (Fsp3) is 0.667. The SMILES string of the molecule is CN(C)/C=C(/C#N)N1CCOCC1. The summed E-state index contributed by atoms with van der Waals surface area (Å²) in [4.78, 5) is 3.93. The summed E-state index contributed by atoms with van der Waals surface area (Å²) in [5.74, 6) is 0. The number of hydrogen-bond donors (Lipinski definition) is 0. The predicted octanol–water partition coefficient (Wildman–Crippen LogP) is 0.245. The largest absolute Gasteiger partial charge is 0.381 e. The van der Waals surface area contributed by atoms with Crippen LogP contribution in [0, 0.1) is 11.3 Å². The molecule has 1 aliphatic rings. The summed E-state index contributed by atoms with van der Waals surface area (Å²) < 4.78 is 5.21. The molecule has 1 rings (SSSR count). The minimum Gasteiger partial charge on any atom is -0.381 e. The normalized spacial score (nSPS) is 18.2. The van der Waals surface area contributed by atoms with E-state index in [4.69, 9.17) is 10.00 Å². The van der Waals surface area contributed by atoms with Crippen molar-refractivity contribution in [3.63, 3.8) is 0 Å². The number of allylic oxidation sites excluding steroid dienone is 1. The Kier molecular flexibility index (Phi) is 3.59. The first-order chi connectivity index (χ1) is 6.24. The minimum atomic E-state index is 0.715. The van der Waals surface area contributed by atoms with E-state index in [1.165, 1.54) is 0 Å². The molecule has 13 heavy (non-hydrogen) atoms. The van der Waals surface area contributed by atoms with Crippen molar-refractivity contribution in [2.24, 2.45) is 0 Å². The van der Waals surface area contributed by atoms with E-state index in [0.29, 0.717) is 18.9 Å². The highest BCUT2D eigenvalue weighted by Crippen LogP contribution is 2.06. The maximum atomic E-state index is 8.90. The van der Waals surface area contributed by atoms with Gasteiger partial charge in [0.15, 0.2) is 0 Å². The molecule has 0 aromatic carbocycles. The molecule has 4 heteroatoms. The van der Waals surface area contributed by atoms with Gasteiger partial charge in [0.05, 0.1) is 13.2 Å². The van der Waals surface area contributed by atoms with Crippen molar-refractivity contribution in [1.29, 1.82) is 5.26 Å². The third-order valence-corrected chi connectivity index (χ3v) is 1.85. The minimum absolute atomic E-state index is 0.715. The fourth-order valence-electron chi connectivity index (χ4n) is 1.23. The first kappa shape index (κ1) is 9.87. The zero-order valence-corrected chi connectivity index (χ0v) is 8.16. The maximum absolute atomic E-state index is 8.90. The second kappa shape index (κ2) is 4.73. The van der Waals surface area contributed by atoms with Gasteiger partial charge >= 0.3 is 0 Å². The highest BCUT2D eigenvalue weighted by Gasteiger charge is 2.12. The smallest absolute Gasteiger partial charge is 0.132 e. The van der Waals surface area contributed by atoms with Crippen LogP contribution < -0.4 is 0 Å². The van der Waals surface area contributed by atoms with Gasteiger partial charge in [0.2, 0.25) is 0 Å². The summed E-state index contributed by atoms with van der Waals surface area (Å²) in [6.07, 6.45) is 1.84. The molecule has 0 atom stereocenters. The molecule has 0 unspecified atom stereocenters. The third-order valence-electron chi connectivity index (χ3n) is 1.85. The molecule has 1 heterocycles. The average Bonchev–Trinajstić information content (AvgIpc) is 2.15. The number of ether oxygens (including phenoxy) is 1. The van der Waals surface area contributed by atoms with Crippen LogP contribution in [0.25, 0.3) is 0 Å². The van der Waals surface area contributed by atoms with Crippen molar-refractivity contribution in [2.45, 2.75) is 0 Å². The molecule has 0 amide bonds. The van der Waals surface area contributed by atoms with Crippen molar-refractivity contribution < 1.29 is 4.74 Å². The Morgan fingerprint density at radius 1 is 1.46 bits per heavy atom. The molecule has 0 aliphatic carbocycles. The summed E-state index contributed by atoms with van der Waals surface area (Å²) in [7, 11) is 3.83. The molecular weight excluding hydrogens is 166 g/mol. The van der Waals surface area contributed by atoms with Crippen LogP contribution in [0.2, 0.25) is 0 Å². The highest BCUT2D eigenvalue weighted by molar-refractivity contribution is 5.18. The van der Waals surface area contributed by atoms with Gasteiger partial charge in [0.1, 0.15) is 11.8 Å². The molecule has 0 spiro atoms. The Hall–Kier alpha value is -1.21. The molecule has 4 nitrogen and oxygen atoms in total. The number of nitrogens with zero attached hydrogens (tertiary/aromatic N) is 3. The number of morpholine rings is 1. The molecule has 0 radical (unpaired) electrons. The van der Waals surface area contributed by atoms with E-state index in [0.717, 1.165) is 13.1 Å². The summed E-state index contributed by atoms with van der Waals surface area (Å²) >= 11 is 0. The van der Waals surface area contributed by atoms with Gasteiger partial charge < -0.3 is 14.5 Å². The van der Waals surface area contributed by atoms with Crippen molar-refractivity contribution in [3.05, 3.63) is 11.9 Å². The van der Waals surface area contributed by atoms with Gasteiger partial charge in [-0.05, 0) is 0 Å². The van der Waals surface area contributed by atoms with Gasteiger partial charge in [-0.2, -0.15) is 5.26 Å². The van der Waals surface area contributed by atoms with Crippen LogP contribution >= 0.6 is 0 Å². The van der Waals surface area contributed by atoms with Crippen molar-refractivity contribution in [2.75, 3.05) is 40.4 Å². The first-order valence-electron chi connectivity index (χ1n) is 4.35.